The zero-order chi connectivity index (χ0) is 12.4. The van der Waals surface area contributed by atoms with Crippen molar-refractivity contribution in [2.75, 3.05) is 6.61 Å². The molecule has 5 heteroatoms. The molecule has 0 saturated carbocycles. The third kappa shape index (κ3) is 2.49. The predicted molar refractivity (Wildman–Crippen MR) is 63.5 cm³/mol. The monoisotopic (exact) mass is 237 g/mol. The van der Waals surface area contributed by atoms with Gasteiger partial charge in [0.15, 0.2) is 0 Å². The number of hydrogen-bond donors (Lipinski definition) is 1. The summed E-state index contributed by atoms with van der Waals surface area (Å²) in [7, 11) is 0. The van der Waals surface area contributed by atoms with Crippen molar-refractivity contribution < 1.29 is 9.53 Å². The summed E-state index contributed by atoms with van der Waals surface area (Å²) < 4.78 is 7.68. The molecule has 94 valence electrons. The molecule has 0 aliphatic carbocycles. The molecule has 1 fully saturated rings. The van der Waals surface area contributed by atoms with Gasteiger partial charge in [-0.3, -0.25) is 9.48 Å². The molecule has 0 unspecified atom stereocenters. The fourth-order valence-electron chi connectivity index (χ4n) is 2.27. The molecule has 1 N–H and O–H groups in total. The van der Waals surface area contributed by atoms with Crippen LogP contribution in [0.2, 0.25) is 0 Å². The Labute approximate surface area is 101 Å². The summed E-state index contributed by atoms with van der Waals surface area (Å²) in [5, 5.41) is 7.24. The first-order chi connectivity index (χ1) is 8.09. The van der Waals surface area contributed by atoms with Crippen LogP contribution in [0.15, 0.2) is 12.3 Å². The lowest BCUT2D eigenvalue weighted by Crippen LogP contribution is -2.36. The van der Waals surface area contributed by atoms with Gasteiger partial charge in [-0.25, -0.2) is 0 Å². The predicted octanol–water partition coefficient (Wildman–Crippen LogP) is 1.43. The largest absolute Gasteiger partial charge is 0.370 e. The van der Waals surface area contributed by atoms with Crippen LogP contribution in [0, 0.1) is 0 Å². The van der Waals surface area contributed by atoms with Crippen molar-refractivity contribution in [2.45, 2.75) is 45.4 Å². The Balaban J connectivity index is 2.20. The molecule has 1 aliphatic rings. The van der Waals surface area contributed by atoms with Crippen LogP contribution in [0.1, 0.15) is 45.0 Å². The van der Waals surface area contributed by atoms with Crippen LogP contribution in [0.5, 0.6) is 0 Å². The van der Waals surface area contributed by atoms with Crippen molar-refractivity contribution in [1.29, 1.82) is 0 Å². The number of carbonyl (C=O) groups excluding carboxylic acids is 1. The number of nitrogens with one attached hydrogen (secondary N) is 1. The second-order valence-electron chi connectivity index (χ2n) is 4.68. The highest BCUT2D eigenvalue weighted by Gasteiger charge is 2.32. The molecule has 0 spiro atoms. The lowest BCUT2D eigenvalue weighted by atomic mass is 10.1. The lowest BCUT2D eigenvalue weighted by molar-refractivity contribution is -0.120. The molecular formula is C12H19N3O2. The third-order valence-corrected chi connectivity index (χ3v) is 2.96. The fraction of sp³-hybridized carbons (Fsp3) is 0.667. The maximum Gasteiger partial charge on any atom is 0.217 e. The smallest absolute Gasteiger partial charge is 0.217 e. The number of aromatic nitrogens is 2. The molecule has 0 radical (unpaired) electrons. The topological polar surface area (TPSA) is 56.1 Å². The van der Waals surface area contributed by atoms with E-state index in [1.54, 1.807) is 6.20 Å². The summed E-state index contributed by atoms with van der Waals surface area (Å²) in [4.78, 5) is 11.1. The van der Waals surface area contributed by atoms with E-state index in [9.17, 15) is 4.79 Å². The molecule has 1 aromatic heterocycles. The molecule has 2 rings (SSSR count). The van der Waals surface area contributed by atoms with E-state index < -0.39 is 0 Å². The molecule has 2 heterocycles. The second kappa shape index (κ2) is 4.87. The first-order valence-corrected chi connectivity index (χ1v) is 6.01. The highest BCUT2D eigenvalue weighted by atomic mass is 16.5. The summed E-state index contributed by atoms with van der Waals surface area (Å²) in [6.07, 6.45) is 2.55. The average molecular weight is 237 g/mol. The minimum absolute atomic E-state index is 0.0129. The molecule has 2 atom stereocenters. The fourth-order valence-corrected chi connectivity index (χ4v) is 2.27. The highest BCUT2D eigenvalue weighted by molar-refractivity contribution is 5.73. The van der Waals surface area contributed by atoms with Crippen LogP contribution in [0.25, 0.3) is 0 Å². The molecule has 5 nitrogen and oxygen atoms in total. The maximum absolute atomic E-state index is 11.1. The van der Waals surface area contributed by atoms with Crippen LogP contribution in [0.4, 0.5) is 0 Å². The SMILES string of the molecule is CC(=O)N[C@H]1CCO[C@@H]1c1ccnn1C(C)C. The number of ether oxygens (including phenoxy) is 1. The van der Waals surface area contributed by atoms with E-state index in [0.717, 1.165) is 12.1 Å². The third-order valence-electron chi connectivity index (χ3n) is 2.96. The Hall–Kier alpha value is -1.36. The van der Waals surface area contributed by atoms with Crippen LogP contribution < -0.4 is 5.32 Å². The summed E-state index contributed by atoms with van der Waals surface area (Å²) in [5.41, 5.74) is 1.04. The van der Waals surface area contributed by atoms with E-state index in [4.69, 9.17) is 4.74 Å². The van der Waals surface area contributed by atoms with Gasteiger partial charge in [0.05, 0.1) is 11.7 Å². The number of carbonyl (C=O) groups is 1. The quantitative estimate of drug-likeness (QED) is 0.865. The Kier molecular flexibility index (Phi) is 3.47. The molecule has 17 heavy (non-hydrogen) atoms. The molecule has 0 bridgehead atoms. The van der Waals surface area contributed by atoms with E-state index in [1.807, 2.05) is 10.7 Å². The molecule has 0 aromatic carbocycles. The van der Waals surface area contributed by atoms with Gasteiger partial charge in [-0.2, -0.15) is 5.10 Å². The number of nitrogens with zero attached hydrogens (tertiary/aromatic N) is 2. The Morgan fingerprint density at radius 3 is 3.06 bits per heavy atom. The van der Waals surface area contributed by atoms with Gasteiger partial charge in [0.1, 0.15) is 6.10 Å². The van der Waals surface area contributed by atoms with Gasteiger partial charge in [-0.15, -0.1) is 0 Å². The minimum Gasteiger partial charge on any atom is -0.370 e. The van der Waals surface area contributed by atoms with Crippen molar-refractivity contribution in [3.05, 3.63) is 18.0 Å². The Morgan fingerprint density at radius 2 is 2.41 bits per heavy atom. The summed E-state index contributed by atoms with van der Waals surface area (Å²) >= 11 is 0. The molecule has 1 saturated heterocycles. The minimum atomic E-state index is -0.0798. The van der Waals surface area contributed by atoms with Crippen LogP contribution in [-0.4, -0.2) is 28.3 Å². The number of amides is 1. The van der Waals surface area contributed by atoms with Crippen molar-refractivity contribution in [2.24, 2.45) is 0 Å². The van der Waals surface area contributed by atoms with E-state index in [-0.39, 0.29) is 18.1 Å². The van der Waals surface area contributed by atoms with E-state index in [2.05, 4.69) is 24.3 Å². The van der Waals surface area contributed by atoms with Crippen LogP contribution in [-0.2, 0) is 9.53 Å². The Bertz CT molecular complexity index is 400. The van der Waals surface area contributed by atoms with Gasteiger partial charge in [0, 0.05) is 25.8 Å². The molecular weight excluding hydrogens is 218 g/mol. The van der Waals surface area contributed by atoms with Crippen molar-refractivity contribution in [1.82, 2.24) is 15.1 Å². The van der Waals surface area contributed by atoms with Crippen LogP contribution >= 0.6 is 0 Å². The van der Waals surface area contributed by atoms with Gasteiger partial charge in [0.25, 0.3) is 0 Å². The van der Waals surface area contributed by atoms with Crippen molar-refractivity contribution in [3.63, 3.8) is 0 Å². The maximum atomic E-state index is 11.1. The lowest BCUT2D eigenvalue weighted by Gasteiger charge is -2.21. The Morgan fingerprint density at radius 1 is 1.65 bits per heavy atom. The van der Waals surface area contributed by atoms with E-state index in [0.29, 0.717) is 12.6 Å². The highest BCUT2D eigenvalue weighted by Crippen LogP contribution is 2.30. The van der Waals surface area contributed by atoms with Gasteiger partial charge >= 0.3 is 0 Å². The first-order valence-electron chi connectivity index (χ1n) is 6.01. The zero-order valence-corrected chi connectivity index (χ0v) is 10.5. The van der Waals surface area contributed by atoms with E-state index in [1.165, 1.54) is 6.92 Å². The summed E-state index contributed by atoms with van der Waals surface area (Å²) in [6.45, 7) is 6.38. The van der Waals surface area contributed by atoms with Crippen LogP contribution in [0.3, 0.4) is 0 Å². The first kappa shape index (κ1) is 12.1. The van der Waals surface area contributed by atoms with Gasteiger partial charge < -0.3 is 10.1 Å². The summed E-state index contributed by atoms with van der Waals surface area (Å²) in [5.74, 6) is -0.0129. The van der Waals surface area contributed by atoms with Gasteiger partial charge in [0.2, 0.25) is 5.91 Å². The normalized spacial score (nSPS) is 24.2. The number of rotatable bonds is 3. The van der Waals surface area contributed by atoms with Gasteiger partial charge in [-0.1, -0.05) is 0 Å². The molecule has 1 aliphatic heterocycles. The van der Waals surface area contributed by atoms with Crippen molar-refractivity contribution in [3.8, 4) is 0 Å². The standard InChI is InChI=1S/C12H19N3O2/c1-8(2)15-11(4-6-13-15)12-10(5-7-17-12)14-9(3)16/h4,6,8,10,12H,5,7H2,1-3H3,(H,14,16)/t10-,12-/m0/s1. The number of hydrogen-bond acceptors (Lipinski definition) is 3. The average Bonchev–Trinajstić information content (AvgIpc) is 2.82. The van der Waals surface area contributed by atoms with Crippen molar-refractivity contribution >= 4 is 5.91 Å². The molecule has 1 amide bonds. The zero-order valence-electron chi connectivity index (χ0n) is 10.5. The van der Waals surface area contributed by atoms with Gasteiger partial charge in [-0.05, 0) is 26.3 Å². The molecule has 1 aromatic rings. The summed E-state index contributed by atoms with van der Waals surface area (Å²) in [6, 6.07) is 2.31. The second-order valence-corrected chi connectivity index (χ2v) is 4.68. The van der Waals surface area contributed by atoms with E-state index >= 15 is 0 Å².